The van der Waals surface area contributed by atoms with E-state index in [9.17, 15) is 0 Å². The predicted octanol–water partition coefficient (Wildman–Crippen LogP) is 26.2. The highest BCUT2D eigenvalue weighted by atomic mass is 14.9. The highest BCUT2D eigenvalue weighted by Gasteiger charge is 2.21. The average molecular weight is 1400 g/mol. The Hall–Kier alpha value is -13.6. The van der Waals surface area contributed by atoms with Crippen molar-refractivity contribution in [3.05, 3.63) is 362 Å². The number of fused-ring (bicyclic) bond motifs is 6. The summed E-state index contributed by atoms with van der Waals surface area (Å²) in [6, 6.07) is 119. The minimum atomic E-state index is -0.0539. The Morgan fingerprint density at radius 3 is 0.927 bits per heavy atom. The van der Waals surface area contributed by atoms with Crippen LogP contribution in [0.2, 0.25) is 0 Å². The van der Waals surface area contributed by atoms with Crippen LogP contribution in [0.1, 0.15) is 63.3 Å². The minimum Gasteiger partial charge on any atom is -0.251 e. The van der Waals surface area contributed by atoms with Crippen LogP contribution in [0, 0.1) is 13.8 Å². The van der Waals surface area contributed by atoms with Crippen LogP contribution in [0.25, 0.3) is 178 Å². The minimum absolute atomic E-state index is 0.0539. The molecule has 18 rings (SSSR count). The summed E-state index contributed by atoms with van der Waals surface area (Å²) in [6.07, 6.45) is 0. The summed E-state index contributed by atoms with van der Waals surface area (Å²) >= 11 is 0. The lowest BCUT2D eigenvalue weighted by Crippen LogP contribution is -2.13. The lowest BCUT2D eigenvalue weighted by atomic mass is 9.90. The summed E-state index contributed by atoms with van der Waals surface area (Å²) in [5.74, 6) is 1.69. The average Bonchev–Trinajstić information content (AvgIpc) is 0.758. The monoisotopic (exact) mass is 1400 g/mol. The molecule has 0 bridgehead atoms. The Morgan fingerprint density at radius 1 is 0.229 bits per heavy atom. The fourth-order valence-electron chi connectivity index (χ4n) is 14.4. The van der Waals surface area contributed by atoms with Gasteiger partial charge in [-0.2, -0.15) is 0 Å². The number of hydrogen-bond acceptors (Lipinski definition) is 8. The third kappa shape index (κ3) is 14.4. The third-order valence-electron chi connectivity index (χ3n) is 20.4. The van der Waals surface area contributed by atoms with Gasteiger partial charge in [-0.25, -0.2) is 24.9 Å². The SMILES string of the molecule is CC(C)c1cc(-c2ccc(-c3ccc(-c4cc(-c5ccccc5)nc(-c5ccc(-c6ccccc6)cc5)n4)cc3)cc2)c2ccc3ccc(C(C)(C)C)nc3c2n1.Cc1ccc2ccc3c(-c4ccc(-c5ccc(-c6cc(-c7ccc(-c8ccccc8)cc7)nc(-c7ccccc7)n6)cc5)cc4)cc(C)nc3c2n1. The van der Waals surface area contributed by atoms with E-state index in [1.165, 1.54) is 22.3 Å². The van der Waals surface area contributed by atoms with E-state index >= 15 is 0 Å². The molecule has 18 aromatic rings. The van der Waals surface area contributed by atoms with Gasteiger partial charge in [-0.1, -0.05) is 338 Å². The molecule has 0 atom stereocenters. The van der Waals surface area contributed by atoms with E-state index in [4.69, 9.17) is 39.9 Å². The van der Waals surface area contributed by atoms with Crippen molar-refractivity contribution in [1.29, 1.82) is 0 Å². The van der Waals surface area contributed by atoms with Gasteiger partial charge < -0.3 is 0 Å². The van der Waals surface area contributed by atoms with Gasteiger partial charge in [-0.05, 0) is 123 Å². The molecule has 109 heavy (non-hydrogen) atoms. The lowest BCUT2D eigenvalue weighted by molar-refractivity contribution is 0.571. The molecule has 0 saturated carbocycles. The van der Waals surface area contributed by atoms with Gasteiger partial charge in [0.05, 0.1) is 44.8 Å². The number of pyridine rings is 4. The molecule has 8 nitrogen and oxygen atoms in total. The van der Waals surface area contributed by atoms with E-state index in [0.717, 1.165) is 167 Å². The maximum Gasteiger partial charge on any atom is 0.160 e. The topological polar surface area (TPSA) is 103 Å². The number of nitrogens with zero attached hydrogens (tertiary/aromatic N) is 8. The maximum absolute atomic E-state index is 5.20. The summed E-state index contributed by atoms with van der Waals surface area (Å²) < 4.78 is 0. The number of aryl methyl sites for hydroxylation is 2. The Bertz CT molecular complexity index is 6340. The smallest absolute Gasteiger partial charge is 0.160 e. The molecular weight excluding hydrogens is 1330 g/mol. The fraction of sp³-hybridized carbons (Fsp3) is 0.0891. The van der Waals surface area contributed by atoms with E-state index in [1.807, 2.05) is 55.5 Å². The molecule has 522 valence electrons. The zero-order valence-electron chi connectivity index (χ0n) is 62.0. The van der Waals surface area contributed by atoms with Gasteiger partial charge >= 0.3 is 0 Å². The van der Waals surface area contributed by atoms with Crippen molar-refractivity contribution in [1.82, 2.24) is 39.9 Å². The molecule has 0 unspecified atom stereocenters. The molecule has 8 heteroatoms. The van der Waals surface area contributed by atoms with Crippen LogP contribution in [-0.4, -0.2) is 39.9 Å². The van der Waals surface area contributed by atoms with Gasteiger partial charge in [-0.3, -0.25) is 15.0 Å². The first kappa shape index (κ1) is 68.5. The first-order valence-electron chi connectivity index (χ1n) is 37.3. The van der Waals surface area contributed by atoms with Crippen molar-refractivity contribution in [3.63, 3.8) is 0 Å². The van der Waals surface area contributed by atoms with E-state index in [-0.39, 0.29) is 11.3 Å². The summed E-state index contributed by atoms with van der Waals surface area (Å²) in [5, 5.41) is 4.45. The summed E-state index contributed by atoms with van der Waals surface area (Å²) in [4.78, 5) is 40.4. The zero-order valence-corrected chi connectivity index (χ0v) is 62.0. The van der Waals surface area contributed by atoms with Gasteiger partial charge in [0.1, 0.15) is 0 Å². The van der Waals surface area contributed by atoms with Crippen LogP contribution in [-0.2, 0) is 5.41 Å². The maximum atomic E-state index is 5.20. The highest BCUT2D eigenvalue weighted by molar-refractivity contribution is 6.10. The van der Waals surface area contributed by atoms with Gasteiger partial charge in [0.15, 0.2) is 11.6 Å². The third-order valence-corrected chi connectivity index (χ3v) is 20.4. The number of benzene rings is 12. The first-order chi connectivity index (χ1) is 53.2. The molecule has 6 heterocycles. The Labute approximate surface area is 636 Å². The Kier molecular flexibility index (Phi) is 18.5. The van der Waals surface area contributed by atoms with Gasteiger partial charge in [0.25, 0.3) is 0 Å². The van der Waals surface area contributed by atoms with Crippen LogP contribution in [0.5, 0.6) is 0 Å². The quantitative estimate of drug-likeness (QED) is 0.105. The normalized spacial score (nSPS) is 11.5. The second-order valence-electron chi connectivity index (χ2n) is 29.4. The van der Waals surface area contributed by atoms with Gasteiger partial charge in [0, 0.05) is 83.1 Å². The molecule has 6 aromatic heterocycles. The van der Waals surface area contributed by atoms with Gasteiger partial charge in [-0.15, -0.1) is 0 Å². The van der Waals surface area contributed by atoms with Crippen molar-refractivity contribution >= 4 is 43.6 Å². The molecular formula is C101H78N8. The molecule has 0 fully saturated rings. The largest absolute Gasteiger partial charge is 0.251 e. The Morgan fingerprint density at radius 2 is 0.523 bits per heavy atom. The summed E-state index contributed by atoms with van der Waals surface area (Å²) in [5.41, 5.74) is 31.6. The van der Waals surface area contributed by atoms with Crippen LogP contribution in [0.15, 0.2) is 340 Å². The first-order valence-corrected chi connectivity index (χ1v) is 37.3. The van der Waals surface area contributed by atoms with E-state index in [2.05, 4.69) is 333 Å². The van der Waals surface area contributed by atoms with Crippen LogP contribution < -0.4 is 0 Å². The second-order valence-corrected chi connectivity index (χ2v) is 29.4. The van der Waals surface area contributed by atoms with Crippen LogP contribution >= 0.6 is 0 Å². The molecule has 0 amide bonds. The Balaban J connectivity index is 0.000000160. The molecule has 0 spiro atoms. The van der Waals surface area contributed by atoms with Crippen molar-refractivity contribution in [2.45, 2.75) is 59.8 Å². The number of aromatic nitrogens is 8. The van der Waals surface area contributed by atoms with E-state index < -0.39 is 0 Å². The fourth-order valence-corrected chi connectivity index (χ4v) is 14.4. The summed E-state index contributed by atoms with van der Waals surface area (Å²) in [6.45, 7) is 15.1. The number of rotatable bonds is 13. The van der Waals surface area contributed by atoms with Gasteiger partial charge in [0.2, 0.25) is 0 Å². The molecule has 0 N–H and O–H groups in total. The molecule has 0 saturated heterocycles. The molecule has 0 aliphatic heterocycles. The second kappa shape index (κ2) is 29.4. The van der Waals surface area contributed by atoms with Crippen molar-refractivity contribution < 1.29 is 0 Å². The zero-order chi connectivity index (χ0) is 74.1. The van der Waals surface area contributed by atoms with Crippen LogP contribution in [0.4, 0.5) is 0 Å². The molecule has 0 aliphatic rings. The van der Waals surface area contributed by atoms with E-state index in [1.54, 1.807) is 0 Å². The molecule has 0 radical (unpaired) electrons. The summed E-state index contributed by atoms with van der Waals surface area (Å²) in [7, 11) is 0. The number of hydrogen-bond donors (Lipinski definition) is 0. The van der Waals surface area contributed by atoms with Crippen molar-refractivity contribution in [2.24, 2.45) is 0 Å². The highest BCUT2D eigenvalue weighted by Crippen LogP contribution is 2.40. The van der Waals surface area contributed by atoms with Crippen LogP contribution in [0.3, 0.4) is 0 Å². The predicted molar refractivity (Wildman–Crippen MR) is 453 cm³/mol. The standard InChI is InChI=1S/C53H44N4.C48H34N4/c1-34(2)46-32-45(44-30-28-42-29-31-49(53(3,4)5)57-50(42)51(44)54-46)39-22-16-37(17-23-39)38-18-24-41(25-19-38)48-33-47(40-14-10-7-11-15-40)55-52(56-48)43-26-20-36(21-27-43)35-12-8-6-9-13-35;1-31-13-14-40-27-28-42-43(29-32(2)50-47(42)46(40)49-31)37-21-15-35(16-22-37)36-19-25-39(26-20-36)45-30-44(51-48(52-45)41-11-7-4-8-12-41)38-23-17-34(18-24-38)33-9-5-3-6-10-33/h6-34H,1-5H3;3-30H,1-2H3. The van der Waals surface area contributed by atoms with Crippen molar-refractivity contribution in [2.75, 3.05) is 0 Å². The lowest BCUT2D eigenvalue weighted by Gasteiger charge is -2.19. The van der Waals surface area contributed by atoms with E-state index in [0.29, 0.717) is 11.6 Å². The van der Waals surface area contributed by atoms with Crippen molar-refractivity contribution in [3.8, 4) is 135 Å². The molecule has 0 aliphatic carbocycles. The molecule has 12 aromatic carbocycles.